The highest BCUT2D eigenvalue weighted by Crippen LogP contribution is 2.01. The first kappa shape index (κ1) is 6.17. The number of hydrogen-bond acceptors (Lipinski definition) is 4. The van der Waals surface area contributed by atoms with Gasteiger partial charge >= 0.3 is 6.47 Å². The molecule has 1 radical (unpaired) electrons. The van der Waals surface area contributed by atoms with Gasteiger partial charge in [0.15, 0.2) is 0 Å². The summed E-state index contributed by atoms with van der Waals surface area (Å²) in [6.07, 6.45) is 0. The summed E-state index contributed by atoms with van der Waals surface area (Å²) in [6.45, 7) is 1.25. The molecule has 0 rings (SSSR count). The second-order valence-electron chi connectivity index (χ2n) is 0.475. The van der Waals surface area contributed by atoms with Crippen molar-refractivity contribution in [3.05, 3.63) is 0 Å². The molecule has 0 heterocycles. The lowest BCUT2D eigenvalue weighted by atomic mass is 11.5. The highest BCUT2D eigenvalue weighted by Gasteiger charge is 1.74. The fourth-order valence-corrected chi connectivity index (χ4v) is 0.309. The topological polar surface area (TPSA) is 26.3 Å². The van der Waals surface area contributed by atoms with Crippen LogP contribution in [0.5, 0.6) is 0 Å². The van der Waals surface area contributed by atoms with E-state index in [0.29, 0.717) is 0 Å². The van der Waals surface area contributed by atoms with Crippen LogP contribution in [0.3, 0.4) is 0 Å². The van der Waals surface area contributed by atoms with Gasteiger partial charge in [-0.1, -0.05) is 10.8 Å². The van der Waals surface area contributed by atoms with Gasteiger partial charge in [-0.15, -0.1) is 11.7 Å². The zero-order valence-corrected chi connectivity index (χ0v) is 4.59. The van der Waals surface area contributed by atoms with E-state index in [0.717, 1.165) is 10.8 Å². The van der Waals surface area contributed by atoms with Crippen molar-refractivity contribution in [2.75, 3.05) is 5.94 Å². The predicted molar refractivity (Wildman–Crippen MR) is 28.2 cm³/mol. The fraction of sp³-hybridized carbons (Fsp3) is 0.500. The Morgan fingerprint density at radius 1 is 2.00 bits per heavy atom. The summed E-state index contributed by atoms with van der Waals surface area (Å²) in [6, 6.07) is 0. The first-order valence-electron chi connectivity index (χ1n) is 1.17. The maximum absolute atomic E-state index is 9.17. The van der Waals surface area contributed by atoms with Crippen molar-refractivity contribution in [1.29, 1.82) is 0 Å². The summed E-state index contributed by atoms with van der Waals surface area (Å²) in [5.74, 6) is 0.270. The average molecular weight is 123 g/mol. The van der Waals surface area contributed by atoms with E-state index in [1.165, 1.54) is 6.47 Å². The third kappa shape index (κ3) is 4.17. The zero-order chi connectivity index (χ0) is 4.83. The van der Waals surface area contributed by atoms with Gasteiger partial charge in [0.2, 0.25) is 0 Å². The molecule has 0 unspecified atom stereocenters. The molecule has 0 N–H and O–H groups in total. The van der Waals surface area contributed by atoms with Gasteiger partial charge in [0, 0.05) is 0 Å². The third-order valence-corrected chi connectivity index (χ3v) is 0.710. The molecule has 0 aliphatic rings. The van der Waals surface area contributed by atoms with Gasteiger partial charge in [0.1, 0.15) is 5.94 Å². The Hall–Kier alpha value is 0.170. The van der Waals surface area contributed by atoms with Gasteiger partial charge in [0.25, 0.3) is 0 Å². The van der Waals surface area contributed by atoms with Crippen LogP contribution in [0.15, 0.2) is 0 Å². The summed E-state index contributed by atoms with van der Waals surface area (Å²) >= 11 is 3.67. The zero-order valence-electron chi connectivity index (χ0n) is 2.88. The number of hydrogen-bond donors (Lipinski definition) is 1. The van der Waals surface area contributed by atoms with E-state index in [1.54, 1.807) is 0 Å². The molecule has 0 aromatic heterocycles. The minimum Gasteiger partial charge on any atom is -0.445 e. The van der Waals surface area contributed by atoms with Crippen LogP contribution in [0.4, 0.5) is 0 Å². The molecule has 35 valence electrons. The molecule has 0 atom stereocenters. The van der Waals surface area contributed by atoms with E-state index in [9.17, 15) is 0 Å². The number of thiol groups is 1. The van der Waals surface area contributed by atoms with Gasteiger partial charge in [-0.25, -0.2) is 4.79 Å². The van der Waals surface area contributed by atoms with E-state index in [1.807, 2.05) is 0 Å². The van der Waals surface area contributed by atoms with Gasteiger partial charge in [-0.2, -0.15) is 0 Å². The van der Waals surface area contributed by atoms with Gasteiger partial charge < -0.3 is 4.74 Å². The van der Waals surface area contributed by atoms with E-state index in [-0.39, 0.29) is 5.94 Å². The average Bonchev–Trinajstić information content (AvgIpc) is 1.61. The van der Waals surface area contributed by atoms with E-state index in [4.69, 9.17) is 4.79 Å². The van der Waals surface area contributed by atoms with Crippen LogP contribution in [0.2, 0.25) is 0 Å². The molecular weight excluding hydrogens is 120 g/mol. The van der Waals surface area contributed by atoms with Crippen LogP contribution in [-0.2, 0) is 9.53 Å². The highest BCUT2D eigenvalue weighted by atomic mass is 33.1. The smallest absolute Gasteiger partial charge is 0.418 e. The lowest BCUT2D eigenvalue weighted by molar-refractivity contribution is 0.338. The third-order valence-electron chi connectivity index (χ3n) is 0.171. The SMILES string of the molecule is O=[C]OCSS. The number of ether oxygens (including phenoxy) is 1. The Morgan fingerprint density at radius 2 is 2.67 bits per heavy atom. The molecule has 2 nitrogen and oxygen atoms in total. The Balaban J connectivity index is 2.49. The Morgan fingerprint density at radius 3 is 2.83 bits per heavy atom. The molecule has 0 saturated carbocycles. The molecule has 4 heteroatoms. The number of rotatable bonds is 3. The molecule has 0 aromatic rings. The Kier molecular flexibility index (Phi) is 5.32. The van der Waals surface area contributed by atoms with Gasteiger partial charge in [0.05, 0.1) is 0 Å². The molecule has 0 fully saturated rings. The quantitative estimate of drug-likeness (QED) is 0.258. The van der Waals surface area contributed by atoms with Crippen LogP contribution in [0.1, 0.15) is 0 Å². The molecule has 0 saturated heterocycles. The molecule has 0 aromatic carbocycles. The standard InChI is InChI=1S/C2H3O2S2/c3-1-4-2-6-5/h5H,2H2. The van der Waals surface area contributed by atoms with E-state index in [2.05, 4.69) is 16.4 Å². The highest BCUT2D eigenvalue weighted by molar-refractivity contribution is 8.68. The number of carbonyl (C=O) groups excluding carboxylic acids is 1. The van der Waals surface area contributed by atoms with E-state index < -0.39 is 0 Å². The molecule has 0 aliphatic heterocycles. The first-order valence-corrected chi connectivity index (χ1v) is 3.21. The van der Waals surface area contributed by atoms with Crippen molar-refractivity contribution in [3.8, 4) is 0 Å². The van der Waals surface area contributed by atoms with Crippen LogP contribution in [-0.4, -0.2) is 12.4 Å². The van der Waals surface area contributed by atoms with E-state index >= 15 is 0 Å². The lowest BCUT2D eigenvalue weighted by Gasteiger charge is -1.83. The maximum Gasteiger partial charge on any atom is 0.418 e. The fourth-order valence-electron chi connectivity index (χ4n) is 0.0504. The van der Waals surface area contributed by atoms with Crippen molar-refractivity contribution in [2.45, 2.75) is 0 Å². The predicted octanol–water partition coefficient (Wildman–Crippen LogP) is 0.606. The lowest BCUT2D eigenvalue weighted by Crippen LogP contribution is -1.80. The minimum atomic E-state index is 0.270. The molecule has 0 bridgehead atoms. The summed E-state index contributed by atoms with van der Waals surface area (Å²) in [5.41, 5.74) is 0. The first-order chi connectivity index (χ1) is 2.91. The monoisotopic (exact) mass is 123 g/mol. The van der Waals surface area contributed by atoms with Crippen molar-refractivity contribution in [2.24, 2.45) is 0 Å². The summed E-state index contributed by atoms with van der Waals surface area (Å²) in [5, 5.41) is 0. The van der Waals surface area contributed by atoms with Crippen LogP contribution in [0.25, 0.3) is 0 Å². The largest absolute Gasteiger partial charge is 0.445 e. The van der Waals surface area contributed by atoms with Crippen molar-refractivity contribution < 1.29 is 9.53 Å². The van der Waals surface area contributed by atoms with Crippen molar-refractivity contribution in [3.63, 3.8) is 0 Å². The minimum absolute atomic E-state index is 0.270. The molecule has 0 aliphatic carbocycles. The molecular formula is C2H3O2S2. The van der Waals surface area contributed by atoms with Crippen LogP contribution >= 0.6 is 22.5 Å². The second kappa shape index (κ2) is 5.17. The normalized spacial score (nSPS) is 7.50. The Labute approximate surface area is 45.1 Å². The van der Waals surface area contributed by atoms with Crippen LogP contribution < -0.4 is 0 Å². The van der Waals surface area contributed by atoms with Crippen molar-refractivity contribution >= 4 is 28.9 Å². The summed E-state index contributed by atoms with van der Waals surface area (Å²) in [7, 11) is 1.14. The van der Waals surface area contributed by atoms with Crippen LogP contribution in [0, 0.1) is 0 Å². The Bertz CT molecular complexity index is 38.5. The molecule has 6 heavy (non-hydrogen) atoms. The molecule has 0 amide bonds. The maximum atomic E-state index is 9.17. The van der Waals surface area contributed by atoms with Gasteiger partial charge in [-0.3, -0.25) is 0 Å². The second-order valence-corrected chi connectivity index (χ2v) is 1.74. The summed E-state index contributed by atoms with van der Waals surface area (Å²) in [4.78, 5) is 9.17. The molecule has 0 spiro atoms. The van der Waals surface area contributed by atoms with Crippen molar-refractivity contribution in [1.82, 2.24) is 0 Å². The summed E-state index contributed by atoms with van der Waals surface area (Å²) < 4.78 is 4.06. The van der Waals surface area contributed by atoms with Gasteiger partial charge in [-0.05, 0) is 0 Å².